The molecular formula is C22H29N3O3. The predicted octanol–water partition coefficient (Wildman–Crippen LogP) is 3.88. The van der Waals surface area contributed by atoms with Crippen LogP contribution in [0.1, 0.15) is 61.1 Å². The van der Waals surface area contributed by atoms with Crippen LogP contribution in [0.5, 0.6) is 5.75 Å². The Morgan fingerprint density at radius 3 is 2.54 bits per heavy atom. The number of anilines is 1. The van der Waals surface area contributed by atoms with Gasteiger partial charge in [0.05, 0.1) is 18.4 Å². The minimum absolute atomic E-state index is 0.106. The Bertz CT molecular complexity index is 958. The van der Waals surface area contributed by atoms with Crippen molar-refractivity contribution < 1.29 is 9.53 Å². The maximum Gasteiger partial charge on any atom is 0.277 e. The second kappa shape index (κ2) is 8.17. The lowest BCUT2D eigenvalue weighted by atomic mass is 9.88. The summed E-state index contributed by atoms with van der Waals surface area (Å²) in [7, 11) is 3.30. The van der Waals surface area contributed by atoms with Crippen LogP contribution in [-0.4, -0.2) is 28.5 Å². The van der Waals surface area contributed by atoms with Gasteiger partial charge in [-0.15, -0.1) is 0 Å². The maximum atomic E-state index is 13.1. The zero-order chi connectivity index (χ0) is 20.4. The number of carbonyl (C=O) groups excluding carboxylic acids is 1. The van der Waals surface area contributed by atoms with E-state index in [0.29, 0.717) is 29.4 Å². The number of hydrogen-bond acceptors (Lipinski definition) is 5. The lowest BCUT2D eigenvalue weighted by Crippen LogP contribution is -2.29. The van der Waals surface area contributed by atoms with Crippen molar-refractivity contribution in [3.05, 3.63) is 39.3 Å². The van der Waals surface area contributed by atoms with Gasteiger partial charge in [0, 0.05) is 25.1 Å². The van der Waals surface area contributed by atoms with E-state index >= 15 is 0 Å². The molecule has 6 heteroatoms. The maximum absolute atomic E-state index is 13.1. The van der Waals surface area contributed by atoms with Gasteiger partial charge in [0.25, 0.3) is 5.56 Å². The fourth-order valence-corrected chi connectivity index (χ4v) is 3.82. The molecule has 0 aliphatic heterocycles. The quantitative estimate of drug-likeness (QED) is 0.819. The number of aryl methyl sites for hydroxylation is 2. The highest BCUT2D eigenvalue weighted by atomic mass is 16.5. The lowest BCUT2D eigenvalue weighted by Gasteiger charge is -2.21. The molecule has 1 aromatic carbocycles. The fraction of sp³-hybridized carbons (Fsp3) is 0.500. The van der Waals surface area contributed by atoms with Crippen LogP contribution in [0.3, 0.4) is 0 Å². The first-order valence-electron chi connectivity index (χ1n) is 9.99. The summed E-state index contributed by atoms with van der Waals surface area (Å²) < 4.78 is 7.12. The van der Waals surface area contributed by atoms with Gasteiger partial charge in [0.2, 0.25) is 0 Å². The third-order valence-corrected chi connectivity index (χ3v) is 5.62. The number of aromatic nitrogens is 2. The summed E-state index contributed by atoms with van der Waals surface area (Å²) in [6.45, 7) is 6.05. The molecule has 0 spiro atoms. The molecule has 1 heterocycles. The monoisotopic (exact) mass is 383 g/mol. The summed E-state index contributed by atoms with van der Waals surface area (Å²) in [5, 5.41) is 3.35. The molecule has 0 fully saturated rings. The normalized spacial score (nSPS) is 13.6. The molecule has 28 heavy (non-hydrogen) atoms. The van der Waals surface area contributed by atoms with Gasteiger partial charge in [-0.05, 0) is 50.3 Å². The predicted molar refractivity (Wildman–Crippen MR) is 111 cm³/mol. The van der Waals surface area contributed by atoms with Crippen LogP contribution >= 0.6 is 0 Å². The molecule has 1 aliphatic rings. The molecular weight excluding hydrogens is 354 g/mol. The molecule has 0 radical (unpaired) electrons. The van der Waals surface area contributed by atoms with Crippen molar-refractivity contribution in [3.63, 3.8) is 0 Å². The summed E-state index contributed by atoms with van der Waals surface area (Å²) in [6, 6.07) is 3.99. The number of carbonyl (C=O) groups is 1. The van der Waals surface area contributed by atoms with Crippen molar-refractivity contribution >= 4 is 11.5 Å². The summed E-state index contributed by atoms with van der Waals surface area (Å²) in [5.41, 5.74) is 3.57. The first kappa shape index (κ1) is 20.1. The Labute approximate surface area is 165 Å². The van der Waals surface area contributed by atoms with Gasteiger partial charge < -0.3 is 10.1 Å². The summed E-state index contributed by atoms with van der Waals surface area (Å²) in [6.07, 6.45) is 4.14. The highest BCUT2D eigenvalue weighted by Gasteiger charge is 2.23. The van der Waals surface area contributed by atoms with Crippen molar-refractivity contribution in [3.8, 4) is 17.1 Å². The van der Waals surface area contributed by atoms with E-state index in [1.807, 2.05) is 13.0 Å². The topological polar surface area (TPSA) is 73.2 Å². The summed E-state index contributed by atoms with van der Waals surface area (Å²) in [5.74, 6) is 1.26. The minimum Gasteiger partial charge on any atom is -0.496 e. The summed E-state index contributed by atoms with van der Waals surface area (Å²) in [4.78, 5) is 30.0. The van der Waals surface area contributed by atoms with Gasteiger partial charge in [-0.1, -0.05) is 13.8 Å². The first-order chi connectivity index (χ1) is 13.4. The zero-order valence-corrected chi connectivity index (χ0v) is 17.4. The van der Waals surface area contributed by atoms with Crippen molar-refractivity contribution in [2.75, 3.05) is 12.4 Å². The molecule has 0 bridgehead atoms. The van der Waals surface area contributed by atoms with Crippen molar-refractivity contribution in [1.29, 1.82) is 0 Å². The fourth-order valence-electron chi connectivity index (χ4n) is 3.82. The summed E-state index contributed by atoms with van der Waals surface area (Å²) >= 11 is 0. The molecule has 6 nitrogen and oxygen atoms in total. The van der Waals surface area contributed by atoms with Crippen molar-refractivity contribution in [2.24, 2.45) is 7.05 Å². The Balaban J connectivity index is 2.14. The lowest BCUT2D eigenvalue weighted by molar-refractivity contribution is 0.0972. The van der Waals surface area contributed by atoms with E-state index in [4.69, 9.17) is 9.72 Å². The van der Waals surface area contributed by atoms with Crippen LogP contribution in [0.2, 0.25) is 0 Å². The standard InChI is InChI=1S/C22H29N3O3/c1-6-15(7-2)24-20-13(3)23-21(25(4)22(20)27)17-11-14-9-8-10-18(26)16(14)12-19(17)28-5/h11-12,15,24H,6-10H2,1-5H3. The van der Waals surface area contributed by atoms with Crippen molar-refractivity contribution in [1.82, 2.24) is 9.55 Å². The number of methoxy groups -OCH3 is 1. The van der Waals surface area contributed by atoms with E-state index in [2.05, 4.69) is 19.2 Å². The molecule has 0 atom stereocenters. The molecule has 1 aromatic heterocycles. The highest BCUT2D eigenvalue weighted by molar-refractivity contribution is 5.99. The van der Waals surface area contributed by atoms with Gasteiger partial charge in [0.15, 0.2) is 5.78 Å². The number of benzene rings is 1. The molecule has 0 unspecified atom stereocenters. The van der Waals surface area contributed by atoms with Gasteiger partial charge in [-0.2, -0.15) is 0 Å². The largest absolute Gasteiger partial charge is 0.496 e. The number of rotatable bonds is 6. The van der Waals surface area contributed by atoms with Crippen LogP contribution < -0.4 is 15.6 Å². The number of ether oxygens (including phenoxy) is 1. The molecule has 1 aliphatic carbocycles. The molecule has 0 amide bonds. The van der Waals surface area contributed by atoms with Crippen LogP contribution in [0, 0.1) is 6.92 Å². The number of ketones is 1. The molecule has 0 saturated carbocycles. The van der Waals surface area contributed by atoms with Crippen LogP contribution in [-0.2, 0) is 13.5 Å². The van der Waals surface area contributed by atoms with Gasteiger partial charge in [-0.3, -0.25) is 14.2 Å². The SMILES string of the molecule is CCC(CC)Nc1c(C)nc(-c2cc3c(cc2OC)C(=O)CCC3)n(C)c1=O. The Kier molecular flexibility index (Phi) is 5.87. The number of fused-ring (bicyclic) bond motifs is 1. The smallest absolute Gasteiger partial charge is 0.277 e. The first-order valence-corrected chi connectivity index (χ1v) is 9.99. The molecule has 3 rings (SSSR count). The molecule has 0 saturated heterocycles. The second-order valence-electron chi connectivity index (χ2n) is 7.40. The average Bonchev–Trinajstić information content (AvgIpc) is 2.70. The van der Waals surface area contributed by atoms with Crippen LogP contribution in [0.25, 0.3) is 11.4 Å². The van der Waals surface area contributed by atoms with E-state index in [1.165, 1.54) is 0 Å². The van der Waals surface area contributed by atoms with Crippen molar-refractivity contribution in [2.45, 2.75) is 58.9 Å². The Morgan fingerprint density at radius 2 is 1.89 bits per heavy atom. The minimum atomic E-state index is -0.106. The Hall–Kier alpha value is -2.63. The number of hydrogen-bond donors (Lipinski definition) is 1. The van der Waals surface area contributed by atoms with Crippen LogP contribution in [0.4, 0.5) is 5.69 Å². The van der Waals surface area contributed by atoms with Gasteiger partial charge in [0.1, 0.15) is 17.3 Å². The van der Waals surface area contributed by atoms with Gasteiger partial charge in [-0.25, -0.2) is 4.98 Å². The zero-order valence-electron chi connectivity index (χ0n) is 17.4. The highest BCUT2D eigenvalue weighted by Crippen LogP contribution is 2.35. The third kappa shape index (κ3) is 3.55. The van der Waals surface area contributed by atoms with E-state index < -0.39 is 0 Å². The molecule has 1 N–H and O–H groups in total. The molecule has 2 aromatic rings. The van der Waals surface area contributed by atoms with Gasteiger partial charge >= 0.3 is 0 Å². The number of nitrogens with one attached hydrogen (secondary N) is 1. The van der Waals surface area contributed by atoms with E-state index in [1.54, 1.807) is 24.8 Å². The van der Waals surface area contributed by atoms with E-state index in [0.717, 1.165) is 42.4 Å². The second-order valence-corrected chi connectivity index (χ2v) is 7.40. The molecule has 150 valence electrons. The Morgan fingerprint density at radius 1 is 1.18 bits per heavy atom. The number of nitrogens with zero attached hydrogens (tertiary/aromatic N) is 2. The van der Waals surface area contributed by atoms with E-state index in [9.17, 15) is 9.59 Å². The van der Waals surface area contributed by atoms with E-state index in [-0.39, 0.29) is 17.4 Å². The number of Topliss-reactive ketones (excluding diaryl/α,β-unsaturated/α-hetero) is 1. The average molecular weight is 383 g/mol. The third-order valence-electron chi connectivity index (χ3n) is 5.62. The van der Waals surface area contributed by atoms with Crippen LogP contribution in [0.15, 0.2) is 16.9 Å².